The van der Waals surface area contributed by atoms with Crippen LogP contribution in [0.15, 0.2) is 30.8 Å². The van der Waals surface area contributed by atoms with Crippen molar-refractivity contribution in [1.82, 2.24) is 0 Å². The number of rotatable bonds is 5. The summed E-state index contributed by atoms with van der Waals surface area (Å²) in [5.41, 5.74) is 1.59. The maximum absolute atomic E-state index is 8.64. The Bertz CT molecular complexity index is 359. The molecule has 1 aromatic rings. The Morgan fingerprint density at radius 3 is 2.60 bits per heavy atom. The van der Waals surface area contributed by atoms with Gasteiger partial charge in [-0.1, -0.05) is 19.9 Å². The number of ether oxygens (including phenoxy) is 1. The van der Waals surface area contributed by atoms with Gasteiger partial charge >= 0.3 is 0 Å². The predicted molar refractivity (Wildman–Crippen MR) is 61.1 cm³/mol. The summed E-state index contributed by atoms with van der Waals surface area (Å²) in [6, 6.07) is 9.32. The average Bonchev–Trinajstić information content (AvgIpc) is 2.29. The highest BCUT2D eigenvalue weighted by Crippen LogP contribution is 2.14. The Morgan fingerprint density at radius 2 is 2.07 bits per heavy atom. The number of unbranched alkanes of at least 4 members (excludes halogenated alkanes) is 1. The van der Waals surface area contributed by atoms with Crippen molar-refractivity contribution in [3.05, 3.63) is 42.0 Å². The molecule has 0 amide bonds. The normalized spacial score (nSPS) is 9.33. The molecular formula is C13H15NO. The number of nitriles is 1. The fraction of sp³-hybridized carbons (Fsp3) is 0.308. The molecule has 0 N–H and O–H groups in total. The average molecular weight is 201 g/mol. The van der Waals surface area contributed by atoms with Gasteiger partial charge in [-0.2, -0.15) is 5.26 Å². The van der Waals surface area contributed by atoms with Crippen molar-refractivity contribution >= 4 is 5.76 Å². The molecule has 2 heteroatoms. The lowest BCUT2D eigenvalue weighted by atomic mass is 10.1. The van der Waals surface area contributed by atoms with Crippen molar-refractivity contribution in [2.24, 2.45) is 0 Å². The Morgan fingerprint density at radius 1 is 1.40 bits per heavy atom. The first-order valence-electron chi connectivity index (χ1n) is 5.10. The second kappa shape index (κ2) is 5.87. The zero-order valence-electron chi connectivity index (χ0n) is 8.99. The van der Waals surface area contributed by atoms with Gasteiger partial charge in [0.2, 0.25) is 0 Å². The van der Waals surface area contributed by atoms with E-state index in [1.807, 2.05) is 12.1 Å². The van der Waals surface area contributed by atoms with Crippen molar-refractivity contribution in [1.29, 1.82) is 5.26 Å². The van der Waals surface area contributed by atoms with Gasteiger partial charge in [-0.3, -0.25) is 0 Å². The third-order valence-corrected chi connectivity index (χ3v) is 2.11. The maximum Gasteiger partial charge on any atom is 0.119 e. The van der Waals surface area contributed by atoms with Gasteiger partial charge in [0.05, 0.1) is 18.2 Å². The summed E-state index contributed by atoms with van der Waals surface area (Å²) < 4.78 is 5.46. The van der Waals surface area contributed by atoms with Crippen molar-refractivity contribution in [2.75, 3.05) is 6.61 Å². The molecule has 0 saturated heterocycles. The number of hydrogen-bond donors (Lipinski definition) is 0. The number of nitrogens with zero attached hydrogens (tertiary/aromatic N) is 1. The topological polar surface area (TPSA) is 33.0 Å². The van der Waals surface area contributed by atoms with Crippen LogP contribution in [0.2, 0.25) is 0 Å². The Hall–Kier alpha value is -1.75. The Balaban J connectivity index is 2.55. The van der Waals surface area contributed by atoms with Crippen LogP contribution in [0, 0.1) is 11.3 Å². The first-order chi connectivity index (χ1) is 7.27. The van der Waals surface area contributed by atoms with Crippen LogP contribution in [0.25, 0.3) is 5.76 Å². The molecule has 15 heavy (non-hydrogen) atoms. The molecule has 1 rings (SSSR count). The second-order valence-electron chi connectivity index (χ2n) is 3.31. The third-order valence-electron chi connectivity index (χ3n) is 2.11. The monoisotopic (exact) mass is 201 g/mol. The Labute approximate surface area is 90.8 Å². The molecule has 0 fully saturated rings. The highest BCUT2D eigenvalue weighted by Gasteiger charge is 1.99. The molecule has 0 aliphatic heterocycles. The summed E-state index contributed by atoms with van der Waals surface area (Å²) in [4.78, 5) is 0. The van der Waals surface area contributed by atoms with Crippen molar-refractivity contribution < 1.29 is 4.74 Å². The lowest BCUT2D eigenvalue weighted by Gasteiger charge is -2.08. The Kier molecular flexibility index (Phi) is 4.43. The first-order valence-corrected chi connectivity index (χ1v) is 5.10. The molecule has 0 aliphatic rings. The standard InChI is InChI=1S/C13H15NO/c1-3-4-9-15-11(2)13-7-5-12(10-14)6-8-13/h5-8H,2-4,9H2,1H3. The summed E-state index contributed by atoms with van der Waals surface area (Å²) in [6.07, 6.45) is 2.15. The molecule has 2 nitrogen and oxygen atoms in total. The minimum atomic E-state index is 0.653. The van der Waals surface area contributed by atoms with E-state index in [1.54, 1.807) is 12.1 Å². The van der Waals surface area contributed by atoms with E-state index in [-0.39, 0.29) is 0 Å². The number of hydrogen-bond acceptors (Lipinski definition) is 2. The van der Waals surface area contributed by atoms with E-state index in [4.69, 9.17) is 10.00 Å². The van der Waals surface area contributed by atoms with Gasteiger partial charge in [-0.15, -0.1) is 0 Å². The zero-order valence-corrected chi connectivity index (χ0v) is 8.99. The van der Waals surface area contributed by atoms with E-state index < -0.39 is 0 Å². The molecule has 0 heterocycles. The summed E-state index contributed by atoms with van der Waals surface area (Å²) in [7, 11) is 0. The van der Waals surface area contributed by atoms with Crippen LogP contribution in [-0.2, 0) is 4.74 Å². The van der Waals surface area contributed by atoms with Gasteiger partial charge in [0.15, 0.2) is 0 Å². The van der Waals surface area contributed by atoms with Crippen LogP contribution in [0.5, 0.6) is 0 Å². The molecule has 0 spiro atoms. The second-order valence-corrected chi connectivity index (χ2v) is 3.31. The third kappa shape index (κ3) is 3.47. The lowest BCUT2D eigenvalue weighted by molar-refractivity contribution is 0.271. The summed E-state index contributed by atoms with van der Waals surface area (Å²) >= 11 is 0. The van der Waals surface area contributed by atoms with Gasteiger partial charge in [0.1, 0.15) is 5.76 Å². The van der Waals surface area contributed by atoms with Crippen LogP contribution >= 0.6 is 0 Å². The minimum Gasteiger partial charge on any atom is -0.494 e. The van der Waals surface area contributed by atoms with Crippen LogP contribution in [0.1, 0.15) is 30.9 Å². The van der Waals surface area contributed by atoms with Crippen LogP contribution in [0.4, 0.5) is 0 Å². The molecule has 0 bridgehead atoms. The molecule has 0 atom stereocenters. The van der Waals surface area contributed by atoms with E-state index in [0.29, 0.717) is 17.9 Å². The van der Waals surface area contributed by atoms with Crippen molar-refractivity contribution in [3.8, 4) is 6.07 Å². The van der Waals surface area contributed by atoms with Crippen LogP contribution < -0.4 is 0 Å². The summed E-state index contributed by atoms with van der Waals surface area (Å²) in [5.74, 6) is 0.674. The molecule has 0 aromatic heterocycles. The first kappa shape index (κ1) is 11.3. The van der Waals surface area contributed by atoms with Crippen LogP contribution in [-0.4, -0.2) is 6.61 Å². The molecule has 1 aromatic carbocycles. The summed E-state index contributed by atoms with van der Waals surface area (Å²) in [5, 5.41) is 8.64. The van der Waals surface area contributed by atoms with E-state index in [1.165, 1.54) is 0 Å². The van der Waals surface area contributed by atoms with E-state index >= 15 is 0 Å². The summed E-state index contributed by atoms with van der Waals surface area (Å²) in [6.45, 7) is 6.67. The molecule has 0 radical (unpaired) electrons. The number of benzene rings is 1. The maximum atomic E-state index is 8.64. The molecule has 78 valence electrons. The van der Waals surface area contributed by atoms with Gasteiger partial charge in [0, 0.05) is 5.56 Å². The quantitative estimate of drug-likeness (QED) is 0.540. The molecule has 0 saturated carbocycles. The van der Waals surface area contributed by atoms with Gasteiger partial charge in [0.25, 0.3) is 0 Å². The van der Waals surface area contributed by atoms with E-state index in [2.05, 4.69) is 19.6 Å². The fourth-order valence-corrected chi connectivity index (χ4v) is 1.15. The minimum absolute atomic E-state index is 0.653. The zero-order chi connectivity index (χ0) is 11.1. The fourth-order valence-electron chi connectivity index (χ4n) is 1.15. The largest absolute Gasteiger partial charge is 0.494 e. The van der Waals surface area contributed by atoms with Crippen molar-refractivity contribution in [3.63, 3.8) is 0 Å². The molecule has 0 aliphatic carbocycles. The highest BCUT2D eigenvalue weighted by molar-refractivity contribution is 5.58. The van der Waals surface area contributed by atoms with Gasteiger partial charge in [-0.05, 0) is 30.7 Å². The van der Waals surface area contributed by atoms with Gasteiger partial charge < -0.3 is 4.74 Å². The highest BCUT2D eigenvalue weighted by atomic mass is 16.5. The van der Waals surface area contributed by atoms with E-state index in [0.717, 1.165) is 18.4 Å². The SMILES string of the molecule is C=C(OCCCC)c1ccc(C#N)cc1. The van der Waals surface area contributed by atoms with Crippen molar-refractivity contribution in [2.45, 2.75) is 19.8 Å². The lowest BCUT2D eigenvalue weighted by Crippen LogP contribution is -1.93. The predicted octanol–water partition coefficient (Wildman–Crippen LogP) is 3.35. The van der Waals surface area contributed by atoms with Gasteiger partial charge in [-0.25, -0.2) is 0 Å². The van der Waals surface area contributed by atoms with E-state index in [9.17, 15) is 0 Å². The molecule has 0 unspecified atom stereocenters. The smallest absolute Gasteiger partial charge is 0.119 e. The molecular weight excluding hydrogens is 186 g/mol. The van der Waals surface area contributed by atoms with Crippen LogP contribution in [0.3, 0.4) is 0 Å².